The number of nitrogens with one attached hydrogen (secondary N) is 1. The van der Waals surface area contributed by atoms with Crippen molar-refractivity contribution in [2.45, 2.75) is 6.04 Å². The van der Waals surface area contributed by atoms with Crippen LogP contribution in [0.25, 0.3) is 0 Å². The first-order valence-electron chi connectivity index (χ1n) is 6.10. The van der Waals surface area contributed by atoms with E-state index >= 15 is 0 Å². The van der Waals surface area contributed by atoms with E-state index in [0.717, 1.165) is 31.1 Å². The Labute approximate surface area is 106 Å². The predicted molar refractivity (Wildman–Crippen MR) is 72.6 cm³/mol. The normalized spacial score (nSPS) is 20.3. The summed E-state index contributed by atoms with van der Waals surface area (Å²) in [6.07, 6.45) is 0. The Hall–Kier alpha value is -0.710. The minimum atomic E-state index is -0.600. The molecule has 0 spiro atoms. The molecule has 1 N–H and O–H groups in total. The second kappa shape index (κ2) is 6.28. The van der Waals surface area contributed by atoms with Crippen molar-refractivity contribution in [1.82, 2.24) is 10.2 Å². The van der Waals surface area contributed by atoms with Crippen molar-refractivity contribution in [3.63, 3.8) is 0 Å². The monoisotopic (exact) mass is 252 g/mol. The average molecular weight is 252 g/mol. The van der Waals surface area contributed by atoms with E-state index in [0.29, 0.717) is 6.04 Å². The first-order valence-corrected chi connectivity index (χ1v) is 7.58. The highest BCUT2D eigenvalue weighted by molar-refractivity contribution is 7.85. The fourth-order valence-electron chi connectivity index (χ4n) is 2.29. The third-order valence-electron chi connectivity index (χ3n) is 3.23. The maximum Gasteiger partial charge on any atom is 0.0473 e. The molecule has 1 unspecified atom stereocenters. The summed E-state index contributed by atoms with van der Waals surface area (Å²) in [7, 11) is 1.38. The van der Waals surface area contributed by atoms with Crippen LogP contribution in [0.3, 0.4) is 0 Å². The lowest BCUT2D eigenvalue weighted by Gasteiger charge is -2.34. The van der Waals surface area contributed by atoms with Gasteiger partial charge in [-0.3, -0.25) is 9.11 Å². The van der Waals surface area contributed by atoms with E-state index in [2.05, 4.69) is 34.5 Å². The van der Waals surface area contributed by atoms with Crippen molar-refractivity contribution < 1.29 is 4.21 Å². The quantitative estimate of drug-likeness (QED) is 0.868. The van der Waals surface area contributed by atoms with E-state index in [1.807, 2.05) is 13.1 Å². The highest BCUT2D eigenvalue weighted by Crippen LogP contribution is 2.21. The summed E-state index contributed by atoms with van der Waals surface area (Å²) < 4.78 is 11.4. The lowest BCUT2D eigenvalue weighted by Crippen LogP contribution is -2.43. The van der Waals surface area contributed by atoms with E-state index in [1.54, 1.807) is 0 Å². The molecule has 1 heterocycles. The number of rotatable bonds is 4. The molecular formula is C13H20N2OS. The van der Waals surface area contributed by atoms with Crippen LogP contribution in [-0.2, 0) is 10.8 Å². The number of nitrogens with zero attached hydrogens (tertiary/aromatic N) is 1. The van der Waals surface area contributed by atoms with Crippen LogP contribution in [0.5, 0.6) is 0 Å². The van der Waals surface area contributed by atoms with Crippen LogP contribution in [0.2, 0.25) is 0 Å². The maximum absolute atomic E-state index is 11.4. The number of hydrogen-bond acceptors (Lipinski definition) is 3. The van der Waals surface area contributed by atoms with Crippen molar-refractivity contribution in [2.75, 3.05) is 38.2 Å². The zero-order chi connectivity index (χ0) is 12.1. The zero-order valence-electron chi connectivity index (χ0n) is 10.3. The predicted octanol–water partition coefficient (Wildman–Crippen LogP) is 1.01. The van der Waals surface area contributed by atoms with Crippen LogP contribution in [0, 0.1) is 0 Å². The molecule has 3 nitrogen and oxygen atoms in total. The summed E-state index contributed by atoms with van der Waals surface area (Å²) in [5.74, 6) is 1.63. The van der Waals surface area contributed by atoms with Gasteiger partial charge in [0, 0.05) is 48.0 Å². The van der Waals surface area contributed by atoms with E-state index in [-0.39, 0.29) is 0 Å². The molecular weight excluding hydrogens is 232 g/mol. The van der Waals surface area contributed by atoms with Gasteiger partial charge in [-0.1, -0.05) is 30.3 Å². The van der Waals surface area contributed by atoms with Crippen molar-refractivity contribution in [3.8, 4) is 0 Å². The number of benzene rings is 1. The van der Waals surface area contributed by atoms with Crippen molar-refractivity contribution in [2.24, 2.45) is 0 Å². The molecule has 0 amide bonds. The summed E-state index contributed by atoms with van der Waals surface area (Å²) in [4.78, 5) is 2.44. The second-order valence-corrected chi connectivity index (χ2v) is 6.06. The molecule has 1 fully saturated rings. The van der Waals surface area contributed by atoms with Gasteiger partial charge in [0.15, 0.2) is 0 Å². The Kier molecular flexibility index (Phi) is 4.71. The Balaban J connectivity index is 2.09. The van der Waals surface area contributed by atoms with Gasteiger partial charge in [-0.25, -0.2) is 0 Å². The van der Waals surface area contributed by atoms with Gasteiger partial charge < -0.3 is 5.32 Å². The Morgan fingerprint density at radius 1 is 1.29 bits per heavy atom. The van der Waals surface area contributed by atoms with E-state index in [1.165, 1.54) is 5.56 Å². The van der Waals surface area contributed by atoms with E-state index < -0.39 is 10.8 Å². The van der Waals surface area contributed by atoms with Crippen LogP contribution in [0.4, 0.5) is 0 Å². The van der Waals surface area contributed by atoms with Crippen LogP contribution in [-0.4, -0.2) is 47.3 Å². The second-order valence-electron chi connectivity index (χ2n) is 4.37. The van der Waals surface area contributed by atoms with Crippen molar-refractivity contribution >= 4 is 10.8 Å². The third-order valence-corrected chi connectivity index (χ3v) is 4.51. The van der Waals surface area contributed by atoms with Crippen LogP contribution < -0.4 is 5.32 Å². The van der Waals surface area contributed by atoms with Crippen LogP contribution >= 0.6 is 0 Å². The smallest absolute Gasteiger partial charge is 0.0473 e. The average Bonchev–Trinajstić information content (AvgIpc) is 2.38. The topological polar surface area (TPSA) is 32.3 Å². The molecule has 0 bridgehead atoms. The van der Waals surface area contributed by atoms with Gasteiger partial charge in [-0.05, 0) is 12.6 Å². The SMILES string of the molecule is CNCC(c1ccccc1)N1CCS(=O)CC1. The van der Waals surface area contributed by atoms with Crippen LogP contribution in [0.1, 0.15) is 11.6 Å². The highest BCUT2D eigenvalue weighted by Gasteiger charge is 2.23. The van der Waals surface area contributed by atoms with E-state index in [9.17, 15) is 4.21 Å². The largest absolute Gasteiger partial charge is 0.318 e. The fourth-order valence-corrected chi connectivity index (χ4v) is 3.37. The molecule has 0 radical (unpaired) electrons. The van der Waals surface area contributed by atoms with Gasteiger partial charge in [-0.2, -0.15) is 0 Å². The molecule has 1 aliphatic rings. The minimum Gasteiger partial charge on any atom is -0.318 e. The minimum absolute atomic E-state index is 0.401. The lowest BCUT2D eigenvalue weighted by atomic mass is 10.1. The zero-order valence-corrected chi connectivity index (χ0v) is 11.1. The standard InChI is InChI=1S/C13H20N2OS/c1-14-11-13(12-5-3-2-4-6-12)15-7-9-17(16)10-8-15/h2-6,13-14H,7-11H2,1H3. The molecule has 1 aliphatic heterocycles. The highest BCUT2D eigenvalue weighted by atomic mass is 32.2. The molecule has 1 atom stereocenters. The summed E-state index contributed by atoms with van der Waals surface area (Å²) in [6.45, 7) is 2.82. The fraction of sp³-hybridized carbons (Fsp3) is 0.538. The molecule has 2 rings (SSSR count). The third kappa shape index (κ3) is 3.37. The molecule has 1 saturated heterocycles. The number of hydrogen-bond donors (Lipinski definition) is 1. The number of likely N-dealkylation sites (N-methyl/N-ethyl adjacent to an activating group) is 1. The molecule has 4 heteroatoms. The Morgan fingerprint density at radius 2 is 1.94 bits per heavy atom. The Bertz CT molecular complexity index is 359. The molecule has 1 aromatic carbocycles. The molecule has 17 heavy (non-hydrogen) atoms. The summed E-state index contributed by atoms with van der Waals surface area (Å²) in [6, 6.07) is 11.0. The maximum atomic E-state index is 11.4. The van der Waals surface area contributed by atoms with Gasteiger partial charge in [0.2, 0.25) is 0 Å². The van der Waals surface area contributed by atoms with Crippen molar-refractivity contribution in [3.05, 3.63) is 35.9 Å². The van der Waals surface area contributed by atoms with Crippen molar-refractivity contribution in [1.29, 1.82) is 0 Å². The van der Waals surface area contributed by atoms with Gasteiger partial charge in [0.1, 0.15) is 0 Å². The first kappa shape index (κ1) is 12.7. The Morgan fingerprint density at radius 3 is 2.53 bits per heavy atom. The van der Waals surface area contributed by atoms with Gasteiger partial charge in [-0.15, -0.1) is 0 Å². The van der Waals surface area contributed by atoms with Gasteiger partial charge in [0.05, 0.1) is 0 Å². The summed E-state index contributed by atoms with van der Waals surface area (Å²) in [5.41, 5.74) is 1.34. The lowest BCUT2D eigenvalue weighted by molar-refractivity contribution is 0.213. The van der Waals surface area contributed by atoms with Gasteiger partial charge in [0.25, 0.3) is 0 Å². The molecule has 0 aromatic heterocycles. The van der Waals surface area contributed by atoms with Gasteiger partial charge >= 0.3 is 0 Å². The summed E-state index contributed by atoms with van der Waals surface area (Å²) >= 11 is 0. The van der Waals surface area contributed by atoms with E-state index in [4.69, 9.17) is 0 Å². The molecule has 0 aliphatic carbocycles. The first-order chi connectivity index (χ1) is 8.31. The molecule has 1 aromatic rings. The summed E-state index contributed by atoms with van der Waals surface area (Å²) in [5, 5.41) is 3.26. The molecule has 94 valence electrons. The van der Waals surface area contributed by atoms with Crippen LogP contribution in [0.15, 0.2) is 30.3 Å². The molecule has 0 saturated carbocycles.